The van der Waals surface area contributed by atoms with Crippen molar-refractivity contribution in [1.82, 2.24) is 10.2 Å². The van der Waals surface area contributed by atoms with Gasteiger partial charge in [-0.25, -0.2) is 0 Å². The van der Waals surface area contributed by atoms with Gasteiger partial charge in [0.25, 0.3) is 0 Å². The predicted molar refractivity (Wildman–Crippen MR) is 80.2 cm³/mol. The summed E-state index contributed by atoms with van der Waals surface area (Å²) in [6.07, 6.45) is 2.94. The van der Waals surface area contributed by atoms with Gasteiger partial charge in [0.2, 0.25) is 0 Å². The summed E-state index contributed by atoms with van der Waals surface area (Å²) in [4.78, 5) is 2.32. The number of rotatable bonds is 8. The van der Waals surface area contributed by atoms with Crippen LogP contribution in [0.2, 0.25) is 0 Å². The standard InChI is InChI=1S/C15H22N2OS/c1-3-6-16-9-15-14(4-7-18-15)11-17(2)10-13-5-8-19-12-13/h4-5,7-8,12,16H,3,6,9-11H2,1-2H3. The highest BCUT2D eigenvalue weighted by Crippen LogP contribution is 2.15. The monoisotopic (exact) mass is 278 g/mol. The number of thiophene rings is 1. The SMILES string of the molecule is CCCNCc1occc1CN(C)Cc1ccsc1. The third-order valence-corrected chi connectivity index (χ3v) is 3.75. The van der Waals surface area contributed by atoms with Gasteiger partial charge >= 0.3 is 0 Å². The summed E-state index contributed by atoms with van der Waals surface area (Å²) in [6, 6.07) is 4.26. The molecule has 0 fully saturated rings. The van der Waals surface area contributed by atoms with Crippen molar-refractivity contribution in [3.8, 4) is 0 Å². The van der Waals surface area contributed by atoms with Crippen molar-refractivity contribution in [3.63, 3.8) is 0 Å². The zero-order valence-corrected chi connectivity index (χ0v) is 12.5. The summed E-state index contributed by atoms with van der Waals surface area (Å²) in [5.41, 5.74) is 2.66. The van der Waals surface area contributed by atoms with Gasteiger partial charge in [0.05, 0.1) is 12.8 Å². The molecular formula is C15H22N2OS. The van der Waals surface area contributed by atoms with Gasteiger partial charge in [-0.2, -0.15) is 11.3 Å². The molecular weight excluding hydrogens is 256 g/mol. The van der Waals surface area contributed by atoms with Gasteiger partial charge in [0.1, 0.15) is 5.76 Å². The van der Waals surface area contributed by atoms with E-state index in [9.17, 15) is 0 Å². The maximum atomic E-state index is 5.56. The van der Waals surface area contributed by atoms with Crippen LogP contribution in [0.5, 0.6) is 0 Å². The number of hydrogen-bond acceptors (Lipinski definition) is 4. The molecule has 0 aromatic carbocycles. The molecule has 0 saturated carbocycles. The van der Waals surface area contributed by atoms with E-state index in [1.54, 1.807) is 17.6 Å². The van der Waals surface area contributed by atoms with E-state index in [0.29, 0.717) is 0 Å². The van der Waals surface area contributed by atoms with Gasteiger partial charge in [0.15, 0.2) is 0 Å². The van der Waals surface area contributed by atoms with E-state index < -0.39 is 0 Å². The van der Waals surface area contributed by atoms with Crippen LogP contribution >= 0.6 is 11.3 Å². The van der Waals surface area contributed by atoms with E-state index in [2.05, 4.69) is 47.1 Å². The zero-order valence-electron chi connectivity index (χ0n) is 11.7. The Morgan fingerprint density at radius 3 is 2.95 bits per heavy atom. The molecule has 0 spiro atoms. The Hall–Kier alpha value is -1.10. The van der Waals surface area contributed by atoms with Gasteiger partial charge in [-0.05, 0) is 48.5 Å². The molecule has 3 nitrogen and oxygen atoms in total. The van der Waals surface area contributed by atoms with Crippen LogP contribution in [0, 0.1) is 0 Å². The molecule has 0 aliphatic carbocycles. The molecule has 19 heavy (non-hydrogen) atoms. The zero-order chi connectivity index (χ0) is 13.5. The minimum atomic E-state index is 0.822. The molecule has 0 saturated heterocycles. The normalized spacial score (nSPS) is 11.3. The molecule has 1 N–H and O–H groups in total. The second-order valence-electron chi connectivity index (χ2n) is 4.85. The molecule has 0 aliphatic heterocycles. The molecule has 0 amide bonds. The first-order chi connectivity index (χ1) is 9.29. The van der Waals surface area contributed by atoms with E-state index in [1.807, 2.05) is 0 Å². The average Bonchev–Trinajstić information content (AvgIpc) is 3.02. The van der Waals surface area contributed by atoms with Crippen LogP contribution in [0.4, 0.5) is 0 Å². The lowest BCUT2D eigenvalue weighted by atomic mass is 10.2. The average molecular weight is 278 g/mol. The van der Waals surface area contributed by atoms with Crippen LogP contribution in [0.3, 0.4) is 0 Å². The van der Waals surface area contributed by atoms with E-state index >= 15 is 0 Å². The molecule has 0 aliphatic rings. The predicted octanol–water partition coefficient (Wildman–Crippen LogP) is 3.47. The Balaban J connectivity index is 1.86. The van der Waals surface area contributed by atoms with Crippen molar-refractivity contribution >= 4 is 11.3 Å². The largest absolute Gasteiger partial charge is 0.468 e. The third-order valence-electron chi connectivity index (χ3n) is 3.02. The summed E-state index contributed by atoms with van der Waals surface area (Å²) in [7, 11) is 2.15. The highest BCUT2D eigenvalue weighted by molar-refractivity contribution is 7.07. The number of furan rings is 1. The highest BCUT2D eigenvalue weighted by Gasteiger charge is 2.09. The van der Waals surface area contributed by atoms with Crippen LogP contribution < -0.4 is 5.32 Å². The van der Waals surface area contributed by atoms with Crippen LogP contribution in [-0.4, -0.2) is 18.5 Å². The van der Waals surface area contributed by atoms with Gasteiger partial charge in [-0.1, -0.05) is 6.92 Å². The van der Waals surface area contributed by atoms with Crippen LogP contribution in [0.1, 0.15) is 30.2 Å². The lowest BCUT2D eigenvalue weighted by Gasteiger charge is -2.15. The summed E-state index contributed by atoms with van der Waals surface area (Å²) in [5.74, 6) is 1.06. The smallest absolute Gasteiger partial charge is 0.122 e. The van der Waals surface area contributed by atoms with E-state index in [1.165, 1.54) is 11.1 Å². The number of nitrogens with zero attached hydrogens (tertiary/aromatic N) is 1. The summed E-state index contributed by atoms with van der Waals surface area (Å²) in [5, 5.41) is 7.72. The maximum Gasteiger partial charge on any atom is 0.122 e. The Bertz CT molecular complexity index is 464. The van der Waals surface area contributed by atoms with Crippen LogP contribution in [0.15, 0.2) is 33.6 Å². The maximum absolute atomic E-state index is 5.56. The Morgan fingerprint density at radius 1 is 1.32 bits per heavy atom. The molecule has 2 aromatic heterocycles. The van der Waals surface area contributed by atoms with Crippen molar-refractivity contribution in [2.45, 2.75) is 33.0 Å². The molecule has 104 valence electrons. The second kappa shape index (κ2) is 7.48. The van der Waals surface area contributed by atoms with Crippen LogP contribution in [0.25, 0.3) is 0 Å². The van der Waals surface area contributed by atoms with Crippen molar-refractivity contribution in [1.29, 1.82) is 0 Å². The van der Waals surface area contributed by atoms with Gasteiger partial charge < -0.3 is 9.73 Å². The summed E-state index contributed by atoms with van der Waals surface area (Å²) in [6.45, 7) is 5.93. The van der Waals surface area contributed by atoms with E-state index in [-0.39, 0.29) is 0 Å². The molecule has 0 unspecified atom stereocenters. The van der Waals surface area contributed by atoms with Crippen molar-refractivity contribution in [2.24, 2.45) is 0 Å². The lowest BCUT2D eigenvalue weighted by molar-refractivity contribution is 0.315. The first-order valence-corrected chi connectivity index (χ1v) is 7.69. The van der Waals surface area contributed by atoms with Gasteiger partial charge in [-0.3, -0.25) is 4.90 Å². The molecule has 2 heterocycles. The minimum absolute atomic E-state index is 0.822. The van der Waals surface area contributed by atoms with E-state index in [0.717, 1.165) is 38.4 Å². The van der Waals surface area contributed by atoms with Crippen molar-refractivity contribution in [2.75, 3.05) is 13.6 Å². The Kier molecular flexibility index (Phi) is 5.63. The van der Waals surface area contributed by atoms with Gasteiger partial charge in [-0.15, -0.1) is 0 Å². The first-order valence-electron chi connectivity index (χ1n) is 6.75. The second-order valence-corrected chi connectivity index (χ2v) is 5.63. The fraction of sp³-hybridized carbons (Fsp3) is 0.467. The molecule has 4 heteroatoms. The number of hydrogen-bond donors (Lipinski definition) is 1. The summed E-state index contributed by atoms with van der Waals surface area (Å²) >= 11 is 1.75. The quantitative estimate of drug-likeness (QED) is 0.749. The molecule has 0 radical (unpaired) electrons. The topological polar surface area (TPSA) is 28.4 Å². The van der Waals surface area contributed by atoms with E-state index in [4.69, 9.17) is 4.42 Å². The van der Waals surface area contributed by atoms with Crippen molar-refractivity contribution < 1.29 is 4.42 Å². The van der Waals surface area contributed by atoms with Gasteiger partial charge in [0, 0.05) is 18.7 Å². The van der Waals surface area contributed by atoms with Crippen molar-refractivity contribution in [3.05, 3.63) is 46.0 Å². The first kappa shape index (κ1) is 14.3. The van der Waals surface area contributed by atoms with Crippen LogP contribution in [-0.2, 0) is 19.6 Å². The minimum Gasteiger partial charge on any atom is -0.468 e. The summed E-state index contributed by atoms with van der Waals surface area (Å²) < 4.78 is 5.56. The number of nitrogens with one attached hydrogen (secondary N) is 1. The molecule has 2 aromatic rings. The highest BCUT2D eigenvalue weighted by atomic mass is 32.1. The Labute approximate surface area is 119 Å². The molecule has 0 bridgehead atoms. The molecule has 0 atom stereocenters. The lowest BCUT2D eigenvalue weighted by Crippen LogP contribution is -2.19. The molecule has 2 rings (SSSR count). The Morgan fingerprint density at radius 2 is 2.21 bits per heavy atom. The fourth-order valence-corrected chi connectivity index (χ4v) is 2.74. The third kappa shape index (κ3) is 4.49. The fourth-order valence-electron chi connectivity index (χ4n) is 2.08.